The molecule has 1 aromatic rings. The van der Waals surface area contributed by atoms with Gasteiger partial charge < -0.3 is 10.3 Å². The molecular formula is C7H10N2O2. The zero-order chi connectivity index (χ0) is 8.43. The Hall–Kier alpha value is -1.32. The van der Waals surface area contributed by atoms with Crippen molar-refractivity contribution >= 4 is 0 Å². The molecule has 0 radical (unpaired) electrons. The number of aryl methyl sites for hydroxylation is 2. The second-order valence-electron chi connectivity index (χ2n) is 2.34. The molecule has 4 nitrogen and oxygen atoms in total. The zero-order valence-electron chi connectivity index (χ0n) is 6.53. The van der Waals surface area contributed by atoms with Gasteiger partial charge in [-0.2, -0.15) is 4.73 Å². The van der Waals surface area contributed by atoms with Crippen LogP contribution in [-0.2, 0) is 6.42 Å². The molecule has 0 aliphatic carbocycles. The van der Waals surface area contributed by atoms with Crippen LogP contribution in [0.4, 0.5) is 0 Å². The first-order valence-corrected chi connectivity index (χ1v) is 3.44. The molecule has 0 unspecified atom stereocenters. The molecule has 0 bridgehead atoms. The van der Waals surface area contributed by atoms with Crippen LogP contribution in [-0.4, -0.2) is 10.1 Å². The number of rotatable bonds is 1. The second kappa shape index (κ2) is 2.74. The summed E-state index contributed by atoms with van der Waals surface area (Å²) in [7, 11) is 0. The number of aromatic nitrogens is 2. The molecule has 4 heteroatoms. The van der Waals surface area contributed by atoms with E-state index in [1.807, 2.05) is 6.92 Å². The van der Waals surface area contributed by atoms with Gasteiger partial charge in [0.1, 0.15) is 5.69 Å². The van der Waals surface area contributed by atoms with Crippen molar-refractivity contribution in [2.45, 2.75) is 20.3 Å². The fourth-order valence-electron chi connectivity index (χ4n) is 0.845. The molecule has 1 rings (SSSR count). The van der Waals surface area contributed by atoms with Crippen molar-refractivity contribution < 1.29 is 9.84 Å². The first kappa shape index (κ1) is 7.78. The Labute approximate surface area is 64.7 Å². The molecule has 0 aliphatic rings. The van der Waals surface area contributed by atoms with Gasteiger partial charge >= 0.3 is 6.01 Å². The van der Waals surface area contributed by atoms with Crippen LogP contribution in [0, 0.1) is 12.1 Å². The summed E-state index contributed by atoms with van der Waals surface area (Å²) in [5.41, 5.74) is 1.20. The average Bonchev–Trinajstić information content (AvgIpc) is 1.99. The van der Waals surface area contributed by atoms with Crippen LogP contribution in [0.2, 0.25) is 0 Å². The van der Waals surface area contributed by atoms with E-state index in [0.29, 0.717) is 10.4 Å². The first-order chi connectivity index (χ1) is 5.15. The standard InChI is InChI=1S/C7H10N2O2/c1-3-6-4-5(2)9(11)7(10)8-6/h4H,3H2,1-2H3,(H,8,10). The highest BCUT2D eigenvalue weighted by Gasteiger charge is 2.09. The SMILES string of the molecule is CCc1cc(C)[n+]([O-])c(O)n1. The molecule has 0 saturated heterocycles. The molecule has 0 saturated carbocycles. The van der Waals surface area contributed by atoms with Gasteiger partial charge in [-0.05, 0) is 11.9 Å². The highest BCUT2D eigenvalue weighted by Crippen LogP contribution is 2.02. The lowest BCUT2D eigenvalue weighted by Crippen LogP contribution is -2.31. The van der Waals surface area contributed by atoms with Crippen molar-refractivity contribution in [3.63, 3.8) is 0 Å². The van der Waals surface area contributed by atoms with Crippen LogP contribution in [0.5, 0.6) is 6.01 Å². The van der Waals surface area contributed by atoms with Gasteiger partial charge in [-0.15, -0.1) is 0 Å². The highest BCUT2D eigenvalue weighted by atomic mass is 16.5. The van der Waals surface area contributed by atoms with E-state index in [2.05, 4.69) is 4.98 Å². The van der Waals surface area contributed by atoms with Gasteiger partial charge in [-0.3, -0.25) is 0 Å². The Morgan fingerprint density at radius 3 is 2.82 bits per heavy atom. The van der Waals surface area contributed by atoms with Gasteiger partial charge in [-0.1, -0.05) is 6.92 Å². The van der Waals surface area contributed by atoms with Gasteiger partial charge in [-0.25, -0.2) is 0 Å². The number of aromatic hydroxyl groups is 1. The minimum absolute atomic E-state index is 0.402. The summed E-state index contributed by atoms with van der Waals surface area (Å²) >= 11 is 0. The maximum absolute atomic E-state index is 10.8. The Balaban J connectivity index is 3.21. The Morgan fingerprint density at radius 1 is 1.73 bits per heavy atom. The topological polar surface area (TPSA) is 60.1 Å². The summed E-state index contributed by atoms with van der Waals surface area (Å²) in [6.07, 6.45) is 0.717. The van der Waals surface area contributed by atoms with Crippen LogP contribution < -0.4 is 4.73 Å². The monoisotopic (exact) mass is 154 g/mol. The summed E-state index contributed by atoms with van der Waals surface area (Å²) in [5.74, 6) is 0. The fourth-order valence-corrected chi connectivity index (χ4v) is 0.845. The van der Waals surface area contributed by atoms with E-state index >= 15 is 0 Å². The number of hydrogen-bond acceptors (Lipinski definition) is 3. The largest absolute Gasteiger partial charge is 0.708 e. The first-order valence-electron chi connectivity index (χ1n) is 3.44. The van der Waals surface area contributed by atoms with Gasteiger partial charge in [0, 0.05) is 12.5 Å². The lowest BCUT2D eigenvalue weighted by molar-refractivity contribution is -0.623. The van der Waals surface area contributed by atoms with E-state index in [1.165, 1.54) is 0 Å². The number of hydrogen-bond donors (Lipinski definition) is 1. The minimum Gasteiger partial charge on any atom is -0.708 e. The summed E-state index contributed by atoms with van der Waals surface area (Å²) < 4.78 is 0.402. The molecule has 0 atom stereocenters. The molecule has 0 spiro atoms. The van der Waals surface area contributed by atoms with Gasteiger partial charge in [0.05, 0.1) is 0 Å². The predicted molar refractivity (Wildman–Crippen MR) is 39.0 cm³/mol. The Kier molecular flexibility index (Phi) is 1.94. The van der Waals surface area contributed by atoms with Gasteiger partial charge in [0.25, 0.3) is 0 Å². The van der Waals surface area contributed by atoms with Crippen LogP contribution in [0.1, 0.15) is 18.3 Å². The van der Waals surface area contributed by atoms with Crippen molar-refractivity contribution in [1.82, 2.24) is 4.98 Å². The minimum atomic E-state index is -0.471. The molecule has 0 aliphatic heterocycles. The smallest absolute Gasteiger partial charge is 0.499 e. The van der Waals surface area contributed by atoms with Crippen molar-refractivity contribution in [2.75, 3.05) is 0 Å². The molecule has 0 aromatic carbocycles. The van der Waals surface area contributed by atoms with E-state index in [9.17, 15) is 5.21 Å². The van der Waals surface area contributed by atoms with E-state index in [-0.39, 0.29) is 0 Å². The van der Waals surface area contributed by atoms with Crippen LogP contribution in [0.25, 0.3) is 0 Å². The van der Waals surface area contributed by atoms with Crippen LogP contribution in [0.3, 0.4) is 0 Å². The lowest BCUT2D eigenvalue weighted by atomic mass is 10.3. The normalized spacial score (nSPS) is 10.0. The van der Waals surface area contributed by atoms with E-state index < -0.39 is 6.01 Å². The maximum atomic E-state index is 10.8. The van der Waals surface area contributed by atoms with E-state index in [0.717, 1.165) is 12.1 Å². The molecule has 60 valence electrons. The zero-order valence-corrected chi connectivity index (χ0v) is 6.53. The molecule has 0 fully saturated rings. The maximum Gasteiger partial charge on any atom is 0.499 e. The Bertz CT molecular complexity index is 250. The molecule has 1 N–H and O–H groups in total. The molecule has 1 aromatic heterocycles. The lowest BCUT2D eigenvalue weighted by Gasteiger charge is -2.04. The summed E-state index contributed by atoms with van der Waals surface area (Å²) in [6, 6.07) is 1.19. The predicted octanol–water partition coefficient (Wildman–Crippen LogP) is 0.291. The van der Waals surface area contributed by atoms with Crippen molar-refractivity contribution in [3.05, 3.63) is 22.7 Å². The van der Waals surface area contributed by atoms with Crippen LogP contribution in [0.15, 0.2) is 6.07 Å². The molecule has 1 heterocycles. The van der Waals surface area contributed by atoms with E-state index in [1.54, 1.807) is 13.0 Å². The third kappa shape index (κ3) is 1.39. The fraction of sp³-hybridized carbons (Fsp3) is 0.429. The quantitative estimate of drug-likeness (QED) is 0.467. The second-order valence-corrected chi connectivity index (χ2v) is 2.34. The Morgan fingerprint density at radius 2 is 2.36 bits per heavy atom. The third-order valence-electron chi connectivity index (χ3n) is 1.48. The van der Waals surface area contributed by atoms with Crippen molar-refractivity contribution in [2.24, 2.45) is 0 Å². The van der Waals surface area contributed by atoms with Gasteiger partial charge in [0.2, 0.25) is 0 Å². The molecular weight excluding hydrogens is 144 g/mol. The molecule has 11 heavy (non-hydrogen) atoms. The number of nitrogens with zero attached hydrogens (tertiary/aromatic N) is 2. The average molecular weight is 154 g/mol. The third-order valence-corrected chi connectivity index (χ3v) is 1.48. The summed E-state index contributed by atoms with van der Waals surface area (Å²) in [6.45, 7) is 3.55. The highest BCUT2D eigenvalue weighted by molar-refractivity contribution is 5.05. The van der Waals surface area contributed by atoms with E-state index in [4.69, 9.17) is 5.11 Å². The summed E-state index contributed by atoms with van der Waals surface area (Å²) in [4.78, 5) is 3.66. The van der Waals surface area contributed by atoms with Crippen molar-refractivity contribution in [3.8, 4) is 6.01 Å². The van der Waals surface area contributed by atoms with Crippen LogP contribution >= 0.6 is 0 Å². The van der Waals surface area contributed by atoms with Gasteiger partial charge in [0.15, 0.2) is 5.69 Å². The summed E-state index contributed by atoms with van der Waals surface area (Å²) in [5, 5.41) is 19.8. The molecule has 0 amide bonds. The van der Waals surface area contributed by atoms with Crippen molar-refractivity contribution in [1.29, 1.82) is 0 Å².